The summed E-state index contributed by atoms with van der Waals surface area (Å²) in [6, 6.07) is 41.6. The molecule has 2 heterocycles. The molecule has 2 aliphatic carbocycles. The van der Waals surface area contributed by atoms with Gasteiger partial charge in [-0.1, -0.05) is 92.2 Å². The van der Waals surface area contributed by atoms with Gasteiger partial charge in [-0.15, -0.1) is 0 Å². The van der Waals surface area contributed by atoms with Gasteiger partial charge in [0.1, 0.15) is 11.9 Å². The van der Waals surface area contributed by atoms with E-state index in [2.05, 4.69) is 139 Å². The second-order valence-corrected chi connectivity index (χ2v) is 13.9. The van der Waals surface area contributed by atoms with Gasteiger partial charge in [0.2, 0.25) is 0 Å². The molecule has 3 nitrogen and oxygen atoms in total. The van der Waals surface area contributed by atoms with Crippen LogP contribution in [0.2, 0.25) is 5.02 Å². The summed E-state index contributed by atoms with van der Waals surface area (Å²) in [6.07, 6.45) is 3.10. The minimum absolute atomic E-state index is 0.0579. The smallest absolute Gasteiger partial charge is 0.127 e. The SMILES string of the molecule is Cc1cc(N(C2=C3c4ccccc4OC3CCC2)c2cccc(Cl)c2)cc(-n2c3c(c4ccccc42)C(C)(C)c2ccccc2-3)c1. The summed E-state index contributed by atoms with van der Waals surface area (Å²) in [5.74, 6) is 0.980. The van der Waals surface area contributed by atoms with Crippen molar-refractivity contribution in [2.75, 3.05) is 4.90 Å². The molecule has 0 radical (unpaired) electrons. The molecule has 1 aromatic heterocycles. The van der Waals surface area contributed by atoms with Crippen LogP contribution in [0.4, 0.5) is 11.4 Å². The highest BCUT2D eigenvalue weighted by Gasteiger charge is 2.41. The van der Waals surface area contributed by atoms with E-state index in [1.165, 1.54) is 55.7 Å². The third kappa shape index (κ3) is 3.98. The van der Waals surface area contributed by atoms with Crippen molar-refractivity contribution >= 4 is 39.5 Å². The Morgan fingerprint density at radius 2 is 1.59 bits per heavy atom. The standard InChI is InChI=1S/C42H35ClN2O/c1-26-22-29(44(28-13-10-12-27(43)24-28)36-19-11-21-38-39(36)33-16-6-9-20-37(33)46-38)25-30(23-26)45-35-18-8-5-15-32(35)40-41(45)31-14-4-7-17-34(31)42(40,2)3/h4-10,12-18,20,22-25,38H,11,19,21H2,1-3H3. The quantitative estimate of drug-likeness (QED) is 0.195. The summed E-state index contributed by atoms with van der Waals surface area (Å²) < 4.78 is 9.03. The van der Waals surface area contributed by atoms with Gasteiger partial charge in [0.25, 0.3) is 0 Å². The van der Waals surface area contributed by atoms with Crippen LogP contribution in [0.5, 0.6) is 5.75 Å². The van der Waals surface area contributed by atoms with E-state index in [9.17, 15) is 0 Å². The normalized spacial score (nSPS) is 17.3. The first-order valence-corrected chi connectivity index (χ1v) is 16.7. The summed E-state index contributed by atoms with van der Waals surface area (Å²) in [5, 5.41) is 2.04. The molecule has 9 rings (SSSR count). The van der Waals surface area contributed by atoms with Crippen LogP contribution in [-0.2, 0) is 5.41 Å². The van der Waals surface area contributed by atoms with Crippen molar-refractivity contribution < 1.29 is 4.74 Å². The summed E-state index contributed by atoms with van der Waals surface area (Å²) in [7, 11) is 0. The molecule has 46 heavy (non-hydrogen) atoms. The maximum Gasteiger partial charge on any atom is 0.127 e. The number of allylic oxidation sites excluding steroid dienone is 1. The van der Waals surface area contributed by atoms with Crippen LogP contribution < -0.4 is 9.64 Å². The lowest BCUT2D eigenvalue weighted by atomic mass is 9.81. The number of halogens is 1. The molecule has 0 N–H and O–H groups in total. The molecular weight excluding hydrogens is 584 g/mol. The van der Waals surface area contributed by atoms with Crippen LogP contribution in [-0.4, -0.2) is 10.7 Å². The third-order valence-electron chi connectivity index (χ3n) is 10.2. The summed E-state index contributed by atoms with van der Waals surface area (Å²) >= 11 is 6.68. The van der Waals surface area contributed by atoms with E-state index < -0.39 is 0 Å². The summed E-state index contributed by atoms with van der Waals surface area (Å²) in [5.41, 5.74) is 14.9. The average Bonchev–Trinajstić information content (AvgIpc) is 3.68. The van der Waals surface area contributed by atoms with E-state index in [1.54, 1.807) is 0 Å². The van der Waals surface area contributed by atoms with Crippen LogP contribution in [0, 0.1) is 6.92 Å². The molecule has 1 aliphatic heterocycles. The highest BCUT2D eigenvalue weighted by Crippen LogP contribution is 2.54. The molecule has 1 unspecified atom stereocenters. The Labute approximate surface area is 275 Å². The highest BCUT2D eigenvalue weighted by molar-refractivity contribution is 6.30. The minimum Gasteiger partial charge on any atom is -0.485 e. The Hall–Kier alpha value is -4.73. The van der Waals surface area contributed by atoms with Gasteiger partial charge in [0.15, 0.2) is 0 Å². The van der Waals surface area contributed by atoms with Crippen LogP contribution >= 0.6 is 11.6 Å². The third-order valence-corrected chi connectivity index (χ3v) is 10.4. The fourth-order valence-corrected chi connectivity index (χ4v) is 8.57. The lowest BCUT2D eigenvalue weighted by molar-refractivity contribution is 0.255. The number of benzene rings is 5. The average molecular weight is 619 g/mol. The topological polar surface area (TPSA) is 17.4 Å². The number of para-hydroxylation sites is 2. The first-order chi connectivity index (χ1) is 22.4. The van der Waals surface area contributed by atoms with Gasteiger partial charge in [-0.25, -0.2) is 0 Å². The van der Waals surface area contributed by atoms with Crippen LogP contribution in [0.25, 0.3) is 33.4 Å². The molecule has 0 saturated heterocycles. The number of anilines is 2. The zero-order valence-corrected chi connectivity index (χ0v) is 27.1. The molecule has 226 valence electrons. The van der Waals surface area contributed by atoms with Crippen molar-refractivity contribution in [3.63, 3.8) is 0 Å². The van der Waals surface area contributed by atoms with Gasteiger partial charge in [-0.2, -0.15) is 0 Å². The number of aryl methyl sites for hydroxylation is 1. The van der Waals surface area contributed by atoms with Gasteiger partial charge in [-0.05, 0) is 91.4 Å². The van der Waals surface area contributed by atoms with Crippen molar-refractivity contribution in [3.8, 4) is 22.7 Å². The second kappa shape index (κ2) is 10.1. The van der Waals surface area contributed by atoms with Crippen molar-refractivity contribution in [2.24, 2.45) is 0 Å². The van der Waals surface area contributed by atoms with E-state index in [1.807, 2.05) is 6.07 Å². The molecule has 5 aromatic carbocycles. The van der Waals surface area contributed by atoms with Gasteiger partial charge >= 0.3 is 0 Å². The number of hydrogen-bond acceptors (Lipinski definition) is 2. The maximum absolute atomic E-state index is 6.68. The number of nitrogens with zero attached hydrogens (tertiary/aromatic N) is 2. The lowest BCUT2D eigenvalue weighted by Gasteiger charge is -2.34. The molecule has 0 spiro atoms. The predicted octanol–water partition coefficient (Wildman–Crippen LogP) is 11.4. The molecule has 0 amide bonds. The summed E-state index contributed by atoms with van der Waals surface area (Å²) in [6.45, 7) is 6.94. The molecule has 4 heteroatoms. The van der Waals surface area contributed by atoms with Crippen LogP contribution in [0.15, 0.2) is 121 Å². The van der Waals surface area contributed by atoms with Crippen molar-refractivity contribution in [1.29, 1.82) is 0 Å². The highest BCUT2D eigenvalue weighted by atomic mass is 35.5. The van der Waals surface area contributed by atoms with E-state index in [4.69, 9.17) is 16.3 Å². The monoisotopic (exact) mass is 618 g/mol. The zero-order chi connectivity index (χ0) is 31.2. The molecule has 1 atom stereocenters. The van der Waals surface area contributed by atoms with Gasteiger partial charge < -0.3 is 14.2 Å². The van der Waals surface area contributed by atoms with Crippen molar-refractivity contribution in [1.82, 2.24) is 4.57 Å². The largest absolute Gasteiger partial charge is 0.485 e. The van der Waals surface area contributed by atoms with Gasteiger partial charge in [-0.3, -0.25) is 0 Å². The first kappa shape index (κ1) is 27.6. The van der Waals surface area contributed by atoms with Crippen LogP contribution in [0.3, 0.4) is 0 Å². The Kier molecular flexibility index (Phi) is 6.08. The van der Waals surface area contributed by atoms with Crippen LogP contribution in [0.1, 0.15) is 55.4 Å². The Morgan fingerprint density at radius 1 is 0.804 bits per heavy atom. The number of hydrogen-bond donors (Lipinski definition) is 0. The molecule has 0 bridgehead atoms. The molecular formula is C42H35ClN2O. The molecule has 6 aromatic rings. The van der Waals surface area contributed by atoms with E-state index >= 15 is 0 Å². The van der Waals surface area contributed by atoms with E-state index in [-0.39, 0.29) is 11.5 Å². The van der Waals surface area contributed by atoms with Gasteiger partial charge in [0, 0.05) is 55.3 Å². The molecule has 0 saturated carbocycles. The van der Waals surface area contributed by atoms with Crippen molar-refractivity contribution in [3.05, 3.63) is 148 Å². The summed E-state index contributed by atoms with van der Waals surface area (Å²) in [4.78, 5) is 2.44. The Balaban J connectivity index is 1.32. The second-order valence-electron chi connectivity index (χ2n) is 13.4. The lowest BCUT2D eigenvalue weighted by Crippen LogP contribution is -2.26. The fraction of sp³-hybridized carbons (Fsp3) is 0.190. The zero-order valence-electron chi connectivity index (χ0n) is 26.3. The number of ether oxygens (including phenoxy) is 1. The Morgan fingerprint density at radius 3 is 2.46 bits per heavy atom. The van der Waals surface area contributed by atoms with E-state index in [0.29, 0.717) is 0 Å². The number of fused-ring (bicyclic) bond motifs is 8. The molecule has 3 aliphatic rings. The van der Waals surface area contributed by atoms with Gasteiger partial charge in [0.05, 0.1) is 11.2 Å². The van der Waals surface area contributed by atoms with E-state index in [0.717, 1.165) is 47.1 Å². The predicted molar refractivity (Wildman–Crippen MR) is 191 cm³/mol. The van der Waals surface area contributed by atoms with Crippen molar-refractivity contribution in [2.45, 2.75) is 51.6 Å². The Bertz CT molecular complexity index is 2240. The fourth-order valence-electron chi connectivity index (χ4n) is 8.39. The number of aromatic nitrogens is 1. The number of rotatable bonds is 4. The first-order valence-electron chi connectivity index (χ1n) is 16.3. The maximum atomic E-state index is 6.68. The molecule has 0 fully saturated rings. The minimum atomic E-state index is -0.101.